The molecule has 2 aromatic carbocycles. The SMILES string of the molecule is CON(C)C(=O)/C=C/CN(C)CCCN1c2ccccc2CCc2ccc(Cl)cc21. The summed E-state index contributed by atoms with van der Waals surface area (Å²) in [6.07, 6.45) is 6.47. The second-order valence-electron chi connectivity index (χ2n) is 7.59. The molecule has 0 atom stereocenters. The van der Waals surface area contributed by atoms with E-state index < -0.39 is 0 Å². The maximum Gasteiger partial charge on any atom is 0.269 e. The Kier molecular flexibility index (Phi) is 7.91. The average molecular weight is 428 g/mol. The number of likely N-dealkylation sites (N-methyl/N-ethyl adjacent to an activating group) is 2. The molecule has 0 N–H and O–H groups in total. The van der Waals surface area contributed by atoms with Crippen molar-refractivity contribution in [3.63, 3.8) is 0 Å². The summed E-state index contributed by atoms with van der Waals surface area (Å²) in [6.45, 7) is 2.54. The molecule has 0 aromatic heterocycles. The van der Waals surface area contributed by atoms with Gasteiger partial charge in [-0.3, -0.25) is 9.63 Å². The van der Waals surface area contributed by atoms with Crippen molar-refractivity contribution in [1.29, 1.82) is 0 Å². The Bertz CT molecular complexity index is 900. The molecular weight excluding hydrogens is 398 g/mol. The second kappa shape index (κ2) is 10.6. The number of para-hydroxylation sites is 1. The maximum atomic E-state index is 11.7. The summed E-state index contributed by atoms with van der Waals surface area (Å²) in [6, 6.07) is 14.9. The second-order valence-corrected chi connectivity index (χ2v) is 8.03. The lowest BCUT2D eigenvalue weighted by molar-refractivity contribution is -0.162. The van der Waals surface area contributed by atoms with Gasteiger partial charge in [-0.2, -0.15) is 0 Å². The highest BCUT2D eigenvalue weighted by Gasteiger charge is 2.20. The minimum Gasteiger partial charge on any atom is -0.341 e. The summed E-state index contributed by atoms with van der Waals surface area (Å²) in [5, 5.41) is 1.97. The van der Waals surface area contributed by atoms with Crippen LogP contribution in [0.2, 0.25) is 5.02 Å². The molecule has 30 heavy (non-hydrogen) atoms. The highest BCUT2D eigenvalue weighted by atomic mass is 35.5. The Morgan fingerprint density at radius 2 is 1.87 bits per heavy atom. The topological polar surface area (TPSA) is 36.0 Å². The van der Waals surface area contributed by atoms with Crippen LogP contribution in [-0.4, -0.2) is 56.7 Å². The van der Waals surface area contributed by atoms with E-state index in [-0.39, 0.29) is 5.91 Å². The Balaban J connectivity index is 1.64. The van der Waals surface area contributed by atoms with Gasteiger partial charge in [0.2, 0.25) is 0 Å². The lowest BCUT2D eigenvalue weighted by Crippen LogP contribution is -2.26. The molecule has 1 aliphatic heterocycles. The first-order valence-electron chi connectivity index (χ1n) is 10.3. The summed E-state index contributed by atoms with van der Waals surface area (Å²) in [4.78, 5) is 21.2. The van der Waals surface area contributed by atoms with Crippen LogP contribution in [0.15, 0.2) is 54.6 Å². The first kappa shape index (κ1) is 22.3. The Hall–Kier alpha value is -2.34. The van der Waals surface area contributed by atoms with Gasteiger partial charge in [0, 0.05) is 42.6 Å². The molecule has 6 heteroatoms. The first-order chi connectivity index (χ1) is 14.5. The van der Waals surface area contributed by atoms with Gasteiger partial charge in [-0.25, -0.2) is 5.06 Å². The molecule has 2 aromatic rings. The van der Waals surface area contributed by atoms with Gasteiger partial charge >= 0.3 is 0 Å². The van der Waals surface area contributed by atoms with Crippen LogP contribution in [-0.2, 0) is 22.5 Å². The number of amides is 1. The van der Waals surface area contributed by atoms with Gasteiger partial charge in [0.25, 0.3) is 5.91 Å². The number of halogens is 1. The van der Waals surface area contributed by atoms with Gasteiger partial charge in [0.15, 0.2) is 0 Å². The van der Waals surface area contributed by atoms with Crippen molar-refractivity contribution < 1.29 is 9.63 Å². The van der Waals surface area contributed by atoms with E-state index in [4.69, 9.17) is 16.4 Å². The number of anilines is 2. The lowest BCUT2D eigenvalue weighted by Gasteiger charge is -2.28. The molecular formula is C24H30ClN3O2. The smallest absolute Gasteiger partial charge is 0.269 e. The number of rotatable bonds is 8. The van der Waals surface area contributed by atoms with Crippen LogP contribution in [0.3, 0.4) is 0 Å². The van der Waals surface area contributed by atoms with Crippen molar-refractivity contribution in [3.8, 4) is 0 Å². The number of aryl methyl sites for hydroxylation is 2. The Morgan fingerprint density at radius 1 is 1.13 bits per heavy atom. The third kappa shape index (κ3) is 5.63. The number of nitrogens with zero attached hydrogens (tertiary/aromatic N) is 3. The number of benzene rings is 2. The lowest BCUT2D eigenvalue weighted by atomic mass is 10.0. The van der Waals surface area contributed by atoms with E-state index in [9.17, 15) is 4.79 Å². The van der Waals surface area contributed by atoms with Crippen LogP contribution < -0.4 is 4.90 Å². The third-order valence-corrected chi connectivity index (χ3v) is 5.70. The summed E-state index contributed by atoms with van der Waals surface area (Å²) >= 11 is 6.34. The van der Waals surface area contributed by atoms with E-state index >= 15 is 0 Å². The summed E-state index contributed by atoms with van der Waals surface area (Å²) in [7, 11) is 5.14. The summed E-state index contributed by atoms with van der Waals surface area (Å²) < 4.78 is 0. The highest BCUT2D eigenvalue weighted by Crippen LogP contribution is 2.37. The average Bonchev–Trinajstić information content (AvgIpc) is 2.90. The van der Waals surface area contributed by atoms with Gasteiger partial charge < -0.3 is 9.80 Å². The fourth-order valence-corrected chi connectivity index (χ4v) is 3.91. The summed E-state index contributed by atoms with van der Waals surface area (Å²) in [5.74, 6) is -0.166. The molecule has 0 radical (unpaired) electrons. The molecule has 0 unspecified atom stereocenters. The Morgan fingerprint density at radius 3 is 2.63 bits per heavy atom. The number of hydrogen-bond donors (Lipinski definition) is 0. The predicted octanol–water partition coefficient (Wildman–Crippen LogP) is 4.47. The van der Waals surface area contributed by atoms with Crippen LogP contribution in [0.1, 0.15) is 17.5 Å². The molecule has 1 heterocycles. The van der Waals surface area contributed by atoms with Crippen molar-refractivity contribution in [2.24, 2.45) is 0 Å². The fourth-order valence-electron chi connectivity index (χ4n) is 3.74. The van der Waals surface area contributed by atoms with Gasteiger partial charge in [-0.15, -0.1) is 0 Å². The molecule has 1 aliphatic rings. The van der Waals surface area contributed by atoms with E-state index in [2.05, 4.69) is 53.2 Å². The molecule has 3 rings (SSSR count). The molecule has 0 saturated carbocycles. The van der Waals surface area contributed by atoms with Crippen molar-refractivity contribution in [2.45, 2.75) is 19.3 Å². The van der Waals surface area contributed by atoms with E-state index in [1.165, 1.54) is 34.7 Å². The van der Waals surface area contributed by atoms with E-state index in [1.807, 2.05) is 12.1 Å². The van der Waals surface area contributed by atoms with Gasteiger partial charge in [0.05, 0.1) is 7.11 Å². The number of carbonyl (C=O) groups excluding carboxylic acids is 1. The molecule has 0 aliphatic carbocycles. The van der Waals surface area contributed by atoms with Crippen molar-refractivity contribution in [3.05, 3.63) is 70.8 Å². The number of fused-ring (bicyclic) bond motifs is 2. The molecule has 0 spiro atoms. The molecule has 0 saturated heterocycles. The standard InChI is InChI=1S/C24H30ClN3O2/c1-26(15-6-10-24(29)27(2)30-3)16-7-17-28-22-9-5-4-8-19(22)11-12-20-13-14-21(25)18-23(20)28/h4-6,8-10,13-14,18H,7,11-12,15-17H2,1-3H3/b10-6+. The van der Waals surface area contributed by atoms with E-state index in [0.717, 1.165) is 37.4 Å². The molecule has 160 valence electrons. The number of carbonyl (C=O) groups is 1. The Labute approximate surface area is 184 Å². The third-order valence-electron chi connectivity index (χ3n) is 5.47. The van der Waals surface area contributed by atoms with Crippen LogP contribution >= 0.6 is 11.6 Å². The highest BCUT2D eigenvalue weighted by molar-refractivity contribution is 6.30. The van der Waals surface area contributed by atoms with Crippen LogP contribution in [0, 0.1) is 0 Å². The molecule has 0 fully saturated rings. The fraction of sp³-hybridized carbons (Fsp3) is 0.375. The zero-order valence-electron chi connectivity index (χ0n) is 18.0. The predicted molar refractivity (Wildman–Crippen MR) is 123 cm³/mol. The normalized spacial score (nSPS) is 13.3. The summed E-state index contributed by atoms with van der Waals surface area (Å²) in [5.41, 5.74) is 5.20. The zero-order chi connectivity index (χ0) is 21.5. The molecule has 1 amide bonds. The van der Waals surface area contributed by atoms with E-state index in [0.29, 0.717) is 6.54 Å². The first-order valence-corrected chi connectivity index (χ1v) is 10.7. The van der Waals surface area contributed by atoms with Crippen molar-refractivity contribution in [2.75, 3.05) is 45.7 Å². The number of hydrogen-bond acceptors (Lipinski definition) is 4. The largest absolute Gasteiger partial charge is 0.341 e. The van der Waals surface area contributed by atoms with Crippen LogP contribution in [0.5, 0.6) is 0 Å². The van der Waals surface area contributed by atoms with Crippen molar-refractivity contribution in [1.82, 2.24) is 9.96 Å². The minimum absolute atomic E-state index is 0.166. The monoisotopic (exact) mass is 427 g/mol. The maximum absolute atomic E-state index is 11.7. The van der Waals surface area contributed by atoms with Gasteiger partial charge in [-0.1, -0.05) is 41.9 Å². The number of hydroxylamine groups is 2. The van der Waals surface area contributed by atoms with Crippen LogP contribution in [0.25, 0.3) is 0 Å². The molecule has 0 bridgehead atoms. The van der Waals surface area contributed by atoms with Crippen LogP contribution in [0.4, 0.5) is 11.4 Å². The molecule has 5 nitrogen and oxygen atoms in total. The van der Waals surface area contributed by atoms with E-state index in [1.54, 1.807) is 13.1 Å². The zero-order valence-corrected chi connectivity index (χ0v) is 18.7. The van der Waals surface area contributed by atoms with Gasteiger partial charge in [-0.05, 0) is 62.2 Å². The minimum atomic E-state index is -0.166. The van der Waals surface area contributed by atoms with Crippen molar-refractivity contribution >= 4 is 28.9 Å². The quantitative estimate of drug-likeness (QED) is 0.460. The van der Waals surface area contributed by atoms with Gasteiger partial charge in [0.1, 0.15) is 0 Å².